The summed E-state index contributed by atoms with van der Waals surface area (Å²) in [6, 6.07) is 9.59. The summed E-state index contributed by atoms with van der Waals surface area (Å²) in [5.74, 6) is -0.136. The Hall–Kier alpha value is -3.07. The molecule has 1 N–H and O–H groups in total. The smallest absolute Gasteiger partial charge is 0.322 e. The second-order valence-corrected chi connectivity index (χ2v) is 6.66. The summed E-state index contributed by atoms with van der Waals surface area (Å²) < 4.78 is 8.21. The highest BCUT2D eigenvalue weighted by Crippen LogP contribution is 2.23. The van der Waals surface area contributed by atoms with E-state index in [2.05, 4.69) is 25.6 Å². The number of carbonyl (C=O) groups is 1. The van der Waals surface area contributed by atoms with Gasteiger partial charge in [0.15, 0.2) is 5.01 Å². The zero-order chi connectivity index (χ0) is 17.4. The number of hydrogen-bond donors (Lipinski definition) is 1. The Labute approximate surface area is 146 Å². The predicted octanol–water partition coefficient (Wildman–Crippen LogP) is 3.38. The van der Waals surface area contributed by atoms with Crippen LogP contribution in [0.4, 0.5) is 6.01 Å². The zero-order valence-electron chi connectivity index (χ0n) is 13.5. The van der Waals surface area contributed by atoms with Crippen molar-refractivity contribution >= 4 is 33.5 Å². The van der Waals surface area contributed by atoms with E-state index in [0.717, 1.165) is 10.2 Å². The molecule has 0 aliphatic rings. The summed E-state index contributed by atoms with van der Waals surface area (Å²) in [6.07, 6.45) is 1.84. The minimum Gasteiger partial charge on any atom is -0.401 e. The number of anilines is 1. The van der Waals surface area contributed by atoms with Crippen molar-refractivity contribution in [3.05, 3.63) is 41.5 Å². The van der Waals surface area contributed by atoms with E-state index in [-0.39, 0.29) is 23.9 Å². The fourth-order valence-corrected chi connectivity index (χ4v) is 3.10. The van der Waals surface area contributed by atoms with Gasteiger partial charge in [-0.3, -0.25) is 14.8 Å². The number of nitrogens with one attached hydrogen (secondary N) is 1. The molecule has 0 bridgehead atoms. The molecule has 0 aliphatic carbocycles. The molecule has 0 atom stereocenters. The number of carbonyl (C=O) groups excluding carboxylic acids is 1. The number of rotatable bonds is 4. The van der Waals surface area contributed by atoms with Gasteiger partial charge in [0, 0.05) is 12.2 Å². The molecule has 25 heavy (non-hydrogen) atoms. The number of aromatic nitrogens is 5. The van der Waals surface area contributed by atoms with Crippen molar-refractivity contribution in [2.24, 2.45) is 0 Å². The maximum atomic E-state index is 12.3. The Morgan fingerprint density at radius 3 is 2.84 bits per heavy atom. The molecule has 3 aromatic heterocycles. The van der Waals surface area contributed by atoms with Gasteiger partial charge in [-0.05, 0) is 32.0 Å². The van der Waals surface area contributed by atoms with Crippen LogP contribution in [0, 0.1) is 0 Å². The largest absolute Gasteiger partial charge is 0.401 e. The van der Waals surface area contributed by atoms with Crippen molar-refractivity contribution in [2.45, 2.75) is 19.9 Å². The third kappa shape index (κ3) is 3.01. The summed E-state index contributed by atoms with van der Waals surface area (Å²) in [6.45, 7) is 4.04. The van der Waals surface area contributed by atoms with Crippen molar-refractivity contribution in [3.63, 3.8) is 0 Å². The molecule has 0 saturated carbocycles. The molecule has 0 radical (unpaired) electrons. The summed E-state index contributed by atoms with van der Waals surface area (Å²) in [4.78, 5) is 16.6. The first-order chi connectivity index (χ1) is 12.1. The summed E-state index contributed by atoms with van der Waals surface area (Å²) in [5, 5.41) is 15.0. The molecular formula is C16H14N6O2S. The van der Waals surface area contributed by atoms with Crippen LogP contribution in [0.5, 0.6) is 0 Å². The van der Waals surface area contributed by atoms with Gasteiger partial charge in [0.05, 0.1) is 10.2 Å². The summed E-state index contributed by atoms with van der Waals surface area (Å²) in [7, 11) is 0. The number of thiazole rings is 1. The molecule has 126 valence electrons. The summed E-state index contributed by atoms with van der Waals surface area (Å²) in [5.41, 5.74) is 1.34. The van der Waals surface area contributed by atoms with Gasteiger partial charge >= 0.3 is 6.01 Å². The lowest BCUT2D eigenvalue weighted by Gasteiger charge is -2.02. The second kappa shape index (κ2) is 6.10. The topological polar surface area (TPSA) is 98.7 Å². The van der Waals surface area contributed by atoms with E-state index in [9.17, 15) is 4.79 Å². The first-order valence-corrected chi connectivity index (χ1v) is 8.48. The fraction of sp³-hybridized carbons (Fsp3) is 0.188. The lowest BCUT2D eigenvalue weighted by molar-refractivity contribution is 0.102. The number of amides is 1. The van der Waals surface area contributed by atoms with E-state index in [0.29, 0.717) is 10.7 Å². The number of fused-ring (bicyclic) bond motifs is 1. The van der Waals surface area contributed by atoms with Crippen molar-refractivity contribution in [2.75, 3.05) is 5.32 Å². The fourth-order valence-electron chi connectivity index (χ4n) is 2.24. The van der Waals surface area contributed by atoms with Gasteiger partial charge in [0.25, 0.3) is 11.8 Å². The van der Waals surface area contributed by atoms with Crippen LogP contribution in [0.3, 0.4) is 0 Å². The molecule has 3 heterocycles. The number of hydrogen-bond acceptors (Lipinski definition) is 7. The Bertz CT molecular complexity index is 1010. The highest BCUT2D eigenvalue weighted by Gasteiger charge is 2.17. The van der Waals surface area contributed by atoms with E-state index >= 15 is 0 Å². The SMILES string of the molecule is CC(C)n1ccc(-c2nnc(NC(=O)c3nc4ccccc4s3)o2)n1. The van der Waals surface area contributed by atoms with Crippen LogP contribution in [0.2, 0.25) is 0 Å². The monoisotopic (exact) mass is 354 g/mol. The van der Waals surface area contributed by atoms with Crippen molar-refractivity contribution in [1.29, 1.82) is 0 Å². The molecular weight excluding hydrogens is 340 g/mol. The average Bonchev–Trinajstić information content (AvgIpc) is 3.32. The van der Waals surface area contributed by atoms with E-state index in [1.54, 1.807) is 10.7 Å². The van der Waals surface area contributed by atoms with Gasteiger partial charge in [-0.25, -0.2) is 4.98 Å². The van der Waals surface area contributed by atoms with Crippen LogP contribution < -0.4 is 5.32 Å². The third-order valence-corrected chi connectivity index (χ3v) is 4.53. The van der Waals surface area contributed by atoms with Crippen LogP contribution in [-0.2, 0) is 0 Å². The molecule has 4 aromatic rings. The van der Waals surface area contributed by atoms with Gasteiger partial charge < -0.3 is 4.42 Å². The quantitative estimate of drug-likeness (QED) is 0.603. The van der Waals surface area contributed by atoms with Crippen LogP contribution in [0.1, 0.15) is 29.7 Å². The molecule has 4 rings (SSSR count). The van der Waals surface area contributed by atoms with Gasteiger partial charge in [0.1, 0.15) is 5.69 Å². The lowest BCUT2D eigenvalue weighted by atomic mass is 10.3. The van der Waals surface area contributed by atoms with Gasteiger partial charge in [-0.15, -0.1) is 16.4 Å². The first kappa shape index (κ1) is 15.5. The molecule has 8 nitrogen and oxygen atoms in total. The Balaban J connectivity index is 1.52. The Kier molecular flexibility index (Phi) is 3.77. The lowest BCUT2D eigenvalue weighted by Crippen LogP contribution is -2.11. The van der Waals surface area contributed by atoms with E-state index in [4.69, 9.17) is 4.42 Å². The third-order valence-electron chi connectivity index (χ3n) is 3.49. The maximum Gasteiger partial charge on any atom is 0.322 e. The van der Waals surface area contributed by atoms with Gasteiger partial charge in [0.2, 0.25) is 0 Å². The maximum absolute atomic E-state index is 12.3. The molecule has 0 spiro atoms. The molecule has 1 aromatic carbocycles. The Morgan fingerprint density at radius 2 is 2.08 bits per heavy atom. The highest BCUT2D eigenvalue weighted by molar-refractivity contribution is 7.20. The molecule has 0 saturated heterocycles. The van der Waals surface area contributed by atoms with Crippen LogP contribution in [0.15, 0.2) is 40.9 Å². The first-order valence-electron chi connectivity index (χ1n) is 7.66. The normalized spacial score (nSPS) is 11.3. The van der Waals surface area contributed by atoms with Crippen LogP contribution in [-0.4, -0.2) is 30.9 Å². The second-order valence-electron chi connectivity index (χ2n) is 5.63. The van der Waals surface area contributed by atoms with E-state index in [1.807, 2.05) is 44.3 Å². The number of nitrogens with zero attached hydrogens (tertiary/aromatic N) is 5. The average molecular weight is 354 g/mol. The van der Waals surface area contributed by atoms with E-state index in [1.165, 1.54) is 11.3 Å². The molecule has 1 amide bonds. The van der Waals surface area contributed by atoms with Crippen LogP contribution in [0.25, 0.3) is 21.8 Å². The van der Waals surface area contributed by atoms with Crippen molar-refractivity contribution < 1.29 is 9.21 Å². The standard InChI is InChI=1S/C16H14N6O2S/c1-9(2)22-8-7-11(21-22)14-19-20-16(24-14)18-13(23)15-17-10-5-3-4-6-12(10)25-15/h3-9H,1-2H3,(H,18,20,23). The highest BCUT2D eigenvalue weighted by atomic mass is 32.1. The van der Waals surface area contributed by atoms with Gasteiger partial charge in [-0.2, -0.15) is 5.10 Å². The minimum atomic E-state index is -0.385. The molecule has 0 aliphatic heterocycles. The summed E-state index contributed by atoms with van der Waals surface area (Å²) >= 11 is 1.31. The van der Waals surface area contributed by atoms with Crippen molar-refractivity contribution in [3.8, 4) is 11.6 Å². The van der Waals surface area contributed by atoms with E-state index < -0.39 is 0 Å². The molecule has 9 heteroatoms. The molecule has 0 fully saturated rings. The van der Waals surface area contributed by atoms with Crippen LogP contribution >= 0.6 is 11.3 Å². The zero-order valence-corrected chi connectivity index (χ0v) is 14.3. The number of benzene rings is 1. The number of para-hydroxylation sites is 1. The predicted molar refractivity (Wildman–Crippen MR) is 93.5 cm³/mol. The van der Waals surface area contributed by atoms with Gasteiger partial charge in [-0.1, -0.05) is 17.2 Å². The minimum absolute atomic E-state index is 0.0124. The molecule has 0 unspecified atom stereocenters. The Morgan fingerprint density at radius 1 is 1.24 bits per heavy atom. The van der Waals surface area contributed by atoms with Crippen molar-refractivity contribution in [1.82, 2.24) is 25.0 Å².